The Morgan fingerprint density at radius 2 is 1.45 bits per heavy atom. The number of halogens is 1. The van der Waals surface area contributed by atoms with E-state index in [1.54, 1.807) is 72.8 Å². The van der Waals surface area contributed by atoms with Crippen LogP contribution < -0.4 is 10.0 Å². The summed E-state index contributed by atoms with van der Waals surface area (Å²) in [7, 11) is -3.54. The van der Waals surface area contributed by atoms with Crippen molar-refractivity contribution in [3.8, 4) is 0 Å². The highest BCUT2D eigenvalue weighted by molar-refractivity contribution is 7.91. The van der Waals surface area contributed by atoms with Crippen molar-refractivity contribution in [2.45, 2.75) is 12.4 Å². The zero-order valence-electron chi connectivity index (χ0n) is 15.3. The number of sulfonamides is 1. The summed E-state index contributed by atoms with van der Waals surface area (Å²) in [5.41, 5.74) is 2.40. The second-order valence-corrected chi connectivity index (χ2v) is 8.41. The molecule has 0 spiro atoms. The Bertz CT molecular complexity index is 1050. The maximum Gasteiger partial charge on any atom is 0.411 e. The first kappa shape index (κ1) is 20.7. The van der Waals surface area contributed by atoms with E-state index in [2.05, 4.69) is 10.0 Å². The van der Waals surface area contributed by atoms with Crippen molar-refractivity contribution in [2.24, 2.45) is 0 Å². The zero-order valence-corrected chi connectivity index (χ0v) is 16.9. The number of hydrogen-bond acceptors (Lipinski definition) is 4. The number of benzene rings is 3. The van der Waals surface area contributed by atoms with Gasteiger partial charge in [0.15, 0.2) is 0 Å². The van der Waals surface area contributed by atoms with Gasteiger partial charge < -0.3 is 4.74 Å². The molecule has 8 heteroatoms. The largest absolute Gasteiger partial charge is 0.444 e. The molecule has 0 radical (unpaired) electrons. The number of hydrogen-bond donors (Lipinski definition) is 2. The molecule has 3 aromatic rings. The summed E-state index contributed by atoms with van der Waals surface area (Å²) in [6.07, 6.45) is -0.614. The van der Waals surface area contributed by atoms with E-state index in [0.29, 0.717) is 22.0 Å². The van der Waals surface area contributed by atoms with E-state index in [-0.39, 0.29) is 12.4 Å². The van der Waals surface area contributed by atoms with E-state index in [4.69, 9.17) is 16.3 Å². The zero-order chi connectivity index (χ0) is 20.7. The first-order valence-electron chi connectivity index (χ1n) is 8.72. The van der Waals surface area contributed by atoms with Crippen LogP contribution in [0.4, 0.5) is 16.2 Å². The second kappa shape index (κ2) is 9.45. The number of ether oxygens (including phenoxy) is 1. The first-order chi connectivity index (χ1) is 13.9. The molecule has 0 aliphatic rings. The van der Waals surface area contributed by atoms with E-state index in [1.165, 1.54) is 0 Å². The number of amides is 1. The van der Waals surface area contributed by atoms with Gasteiger partial charge in [0.05, 0.1) is 5.75 Å². The van der Waals surface area contributed by atoms with Crippen molar-refractivity contribution in [2.75, 3.05) is 10.0 Å². The molecule has 3 rings (SSSR count). The molecule has 29 heavy (non-hydrogen) atoms. The highest BCUT2D eigenvalue weighted by Gasteiger charge is 2.12. The van der Waals surface area contributed by atoms with Crippen LogP contribution in [0.2, 0.25) is 5.02 Å². The van der Waals surface area contributed by atoms with Crippen LogP contribution in [0.5, 0.6) is 0 Å². The fraction of sp³-hybridized carbons (Fsp3) is 0.0952. The molecule has 0 heterocycles. The monoisotopic (exact) mass is 430 g/mol. The summed E-state index contributed by atoms with van der Waals surface area (Å²) in [4.78, 5) is 11.9. The predicted octanol–water partition coefficient (Wildman–Crippen LogP) is 5.03. The van der Waals surface area contributed by atoms with Crippen LogP contribution in [-0.4, -0.2) is 14.5 Å². The van der Waals surface area contributed by atoms with Crippen LogP contribution in [0.15, 0.2) is 78.9 Å². The second-order valence-electron chi connectivity index (χ2n) is 6.25. The van der Waals surface area contributed by atoms with Gasteiger partial charge in [0.25, 0.3) is 0 Å². The van der Waals surface area contributed by atoms with Crippen LogP contribution in [0.1, 0.15) is 11.1 Å². The van der Waals surface area contributed by atoms with E-state index < -0.39 is 16.1 Å². The van der Waals surface area contributed by atoms with Crippen LogP contribution >= 0.6 is 11.6 Å². The Hall–Kier alpha value is -3.03. The minimum Gasteiger partial charge on any atom is -0.444 e. The number of rotatable bonds is 7. The molecule has 0 unspecified atom stereocenters. The lowest BCUT2D eigenvalue weighted by Gasteiger charge is -2.10. The lowest BCUT2D eigenvalue weighted by atomic mass is 10.2. The minimum absolute atomic E-state index is 0.111. The fourth-order valence-electron chi connectivity index (χ4n) is 2.51. The molecular weight excluding hydrogens is 412 g/mol. The Balaban J connectivity index is 1.51. The molecule has 150 valence electrons. The molecule has 0 aliphatic carbocycles. The molecule has 0 aromatic heterocycles. The van der Waals surface area contributed by atoms with Gasteiger partial charge >= 0.3 is 6.09 Å². The molecule has 0 saturated carbocycles. The number of carbonyl (C=O) groups is 1. The van der Waals surface area contributed by atoms with Crippen LogP contribution in [0.25, 0.3) is 0 Å². The van der Waals surface area contributed by atoms with Gasteiger partial charge in [-0.2, -0.15) is 0 Å². The molecule has 1 amide bonds. The summed E-state index contributed by atoms with van der Waals surface area (Å²) >= 11 is 5.81. The average molecular weight is 431 g/mol. The Kier molecular flexibility index (Phi) is 6.74. The highest BCUT2D eigenvalue weighted by atomic mass is 35.5. The summed E-state index contributed by atoms with van der Waals surface area (Å²) in [6, 6.07) is 22.2. The summed E-state index contributed by atoms with van der Waals surface area (Å²) in [5, 5.41) is 3.20. The molecule has 6 nitrogen and oxygen atoms in total. The van der Waals surface area contributed by atoms with E-state index in [1.807, 2.05) is 6.07 Å². The number of nitrogens with one attached hydrogen (secondary N) is 2. The van der Waals surface area contributed by atoms with Gasteiger partial charge in [0.2, 0.25) is 10.0 Å². The topological polar surface area (TPSA) is 84.5 Å². The van der Waals surface area contributed by atoms with Gasteiger partial charge in [-0.15, -0.1) is 0 Å². The lowest BCUT2D eigenvalue weighted by Crippen LogP contribution is -2.15. The van der Waals surface area contributed by atoms with Gasteiger partial charge in [-0.05, 0) is 47.5 Å². The van der Waals surface area contributed by atoms with E-state index in [0.717, 1.165) is 5.56 Å². The van der Waals surface area contributed by atoms with Gasteiger partial charge in [-0.1, -0.05) is 54.1 Å². The van der Waals surface area contributed by atoms with Crippen molar-refractivity contribution >= 4 is 39.1 Å². The minimum atomic E-state index is -3.54. The third-order valence-electron chi connectivity index (χ3n) is 3.89. The molecule has 3 aromatic carbocycles. The maximum absolute atomic E-state index is 12.3. The Morgan fingerprint density at radius 1 is 0.828 bits per heavy atom. The van der Waals surface area contributed by atoms with Crippen molar-refractivity contribution in [1.82, 2.24) is 0 Å². The predicted molar refractivity (Wildman–Crippen MR) is 114 cm³/mol. The maximum atomic E-state index is 12.3. The molecule has 0 bridgehead atoms. The van der Waals surface area contributed by atoms with Gasteiger partial charge in [-0.3, -0.25) is 10.0 Å². The molecule has 0 fully saturated rings. The van der Waals surface area contributed by atoms with E-state index in [9.17, 15) is 13.2 Å². The van der Waals surface area contributed by atoms with Crippen molar-refractivity contribution in [3.05, 3.63) is 95.0 Å². The van der Waals surface area contributed by atoms with Crippen molar-refractivity contribution < 1.29 is 17.9 Å². The molecule has 2 N–H and O–H groups in total. The molecule has 0 aliphatic heterocycles. The summed E-state index contributed by atoms with van der Waals surface area (Å²) < 4.78 is 32.2. The standard InChI is InChI=1S/C21H19ClN2O4S/c22-18-8-6-16(7-9-18)14-28-21(25)23-19-10-12-20(13-11-19)24-29(26,27)15-17-4-2-1-3-5-17/h1-13,24H,14-15H2,(H,23,25). The summed E-state index contributed by atoms with van der Waals surface area (Å²) in [6.45, 7) is 0.111. The molecular formula is C21H19ClN2O4S. The van der Waals surface area contributed by atoms with Gasteiger partial charge in [0.1, 0.15) is 6.61 Å². The van der Waals surface area contributed by atoms with Crippen LogP contribution in [0, 0.1) is 0 Å². The number of carbonyl (C=O) groups excluding carboxylic acids is 1. The average Bonchev–Trinajstić information content (AvgIpc) is 2.69. The Labute approximate surface area is 174 Å². The number of anilines is 2. The van der Waals surface area contributed by atoms with Crippen molar-refractivity contribution in [1.29, 1.82) is 0 Å². The van der Waals surface area contributed by atoms with Gasteiger partial charge in [-0.25, -0.2) is 13.2 Å². The third-order valence-corrected chi connectivity index (χ3v) is 5.40. The van der Waals surface area contributed by atoms with Crippen molar-refractivity contribution in [3.63, 3.8) is 0 Å². The fourth-order valence-corrected chi connectivity index (χ4v) is 3.84. The molecule has 0 atom stereocenters. The van der Waals surface area contributed by atoms with Crippen LogP contribution in [-0.2, 0) is 27.1 Å². The first-order valence-corrected chi connectivity index (χ1v) is 10.8. The summed E-state index contributed by atoms with van der Waals surface area (Å²) in [5.74, 6) is -0.120. The Morgan fingerprint density at radius 3 is 2.10 bits per heavy atom. The SMILES string of the molecule is O=C(Nc1ccc(NS(=O)(=O)Cc2ccccc2)cc1)OCc1ccc(Cl)cc1. The molecule has 0 saturated heterocycles. The quantitative estimate of drug-likeness (QED) is 0.550. The lowest BCUT2D eigenvalue weighted by molar-refractivity contribution is 0.155. The normalized spacial score (nSPS) is 10.9. The van der Waals surface area contributed by atoms with Crippen LogP contribution in [0.3, 0.4) is 0 Å². The highest BCUT2D eigenvalue weighted by Crippen LogP contribution is 2.17. The third kappa shape index (κ3) is 6.81. The van der Waals surface area contributed by atoms with Gasteiger partial charge in [0, 0.05) is 16.4 Å². The smallest absolute Gasteiger partial charge is 0.411 e. The van der Waals surface area contributed by atoms with E-state index >= 15 is 0 Å².